The van der Waals surface area contributed by atoms with Gasteiger partial charge in [-0.3, -0.25) is 0 Å². The van der Waals surface area contributed by atoms with Crippen LogP contribution >= 0.6 is 0 Å². The molecule has 1 saturated carbocycles. The van der Waals surface area contributed by atoms with Crippen molar-refractivity contribution in [2.75, 3.05) is 5.32 Å². The van der Waals surface area contributed by atoms with Crippen LogP contribution in [0.25, 0.3) is 11.3 Å². The van der Waals surface area contributed by atoms with Crippen LogP contribution in [-0.4, -0.2) is 15.6 Å². The van der Waals surface area contributed by atoms with E-state index in [-0.39, 0.29) is 0 Å². The number of anilines is 1. The summed E-state index contributed by atoms with van der Waals surface area (Å²) in [6.45, 7) is 3.48. The highest BCUT2D eigenvalue weighted by Crippen LogP contribution is 2.50. The van der Waals surface area contributed by atoms with Gasteiger partial charge in [0, 0.05) is 24.3 Å². The van der Waals surface area contributed by atoms with Crippen molar-refractivity contribution in [1.82, 2.24) is 9.55 Å². The lowest BCUT2D eigenvalue weighted by molar-refractivity contribution is 0.392. The molecular weight excluding hydrogens is 234 g/mol. The molecule has 0 saturated heterocycles. The van der Waals surface area contributed by atoms with Gasteiger partial charge in [0.1, 0.15) is 0 Å². The molecular formula is C16H19N3. The second kappa shape index (κ2) is 3.86. The average Bonchev–Trinajstić information content (AvgIpc) is 3.06. The molecule has 0 spiro atoms. The Bertz CT molecular complexity index is 596. The molecule has 19 heavy (non-hydrogen) atoms. The fourth-order valence-corrected chi connectivity index (χ4v) is 3.01. The largest absolute Gasteiger partial charge is 0.352 e. The van der Waals surface area contributed by atoms with Crippen LogP contribution in [0.3, 0.4) is 0 Å². The average molecular weight is 253 g/mol. The van der Waals surface area contributed by atoms with Gasteiger partial charge in [0.05, 0.1) is 5.69 Å². The number of nitrogens with one attached hydrogen (secondary N) is 1. The maximum absolute atomic E-state index is 4.76. The summed E-state index contributed by atoms with van der Waals surface area (Å²) >= 11 is 0. The van der Waals surface area contributed by atoms with E-state index in [9.17, 15) is 0 Å². The van der Waals surface area contributed by atoms with Crippen molar-refractivity contribution < 1.29 is 0 Å². The summed E-state index contributed by atoms with van der Waals surface area (Å²) in [7, 11) is 0. The topological polar surface area (TPSA) is 29.9 Å². The first-order chi connectivity index (χ1) is 9.24. The molecule has 0 bridgehead atoms. The summed E-state index contributed by atoms with van der Waals surface area (Å²) in [5.41, 5.74) is 2.79. The van der Waals surface area contributed by atoms with Gasteiger partial charge in [0.15, 0.2) is 0 Å². The van der Waals surface area contributed by atoms with E-state index in [2.05, 4.69) is 47.3 Å². The molecule has 2 aromatic rings. The van der Waals surface area contributed by atoms with Crippen LogP contribution in [0.1, 0.15) is 26.2 Å². The zero-order valence-corrected chi connectivity index (χ0v) is 11.3. The number of fused-ring (bicyclic) bond motifs is 1. The van der Waals surface area contributed by atoms with Gasteiger partial charge >= 0.3 is 0 Å². The Kier molecular flexibility index (Phi) is 2.25. The SMILES string of the molecule is CC1(C2CCn3cc(-c4ccccc4)nc3N2)CC1. The predicted octanol–water partition coefficient (Wildman–Crippen LogP) is 3.53. The maximum Gasteiger partial charge on any atom is 0.203 e. The van der Waals surface area contributed by atoms with E-state index in [4.69, 9.17) is 4.98 Å². The molecule has 1 N–H and O–H groups in total. The van der Waals surface area contributed by atoms with Crippen molar-refractivity contribution in [2.45, 2.75) is 38.8 Å². The molecule has 1 fully saturated rings. The minimum atomic E-state index is 0.518. The molecule has 1 aromatic carbocycles. The molecule has 1 aromatic heterocycles. The third-order valence-corrected chi connectivity index (χ3v) is 4.69. The standard InChI is InChI=1S/C16H19N3/c1-16(8-9-16)14-7-10-19-11-13(17-15(19)18-14)12-5-3-2-4-6-12/h2-6,11,14H,7-10H2,1H3,(H,17,18). The van der Waals surface area contributed by atoms with Crippen molar-refractivity contribution in [3.05, 3.63) is 36.5 Å². The molecule has 2 aliphatic rings. The lowest BCUT2D eigenvalue weighted by Crippen LogP contribution is -2.35. The number of nitrogens with zero attached hydrogens (tertiary/aromatic N) is 2. The molecule has 98 valence electrons. The Morgan fingerprint density at radius 1 is 1.26 bits per heavy atom. The fraction of sp³-hybridized carbons (Fsp3) is 0.438. The molecule has 0 amide bonds. The van der Waals surface area contributed by atoms with Gasteiger partial charge in [-0.25, -0.2) is 4.98 Å². The fourth-order valence-electron chi connectivity index (χ4n) is 3.01. The lowest BCUT2D eigenvalue weighted by atomic mass is 9.95. The van der Waals surface area contributed by atoms with Crippen LogP contribution in [0.5, 0.6) is 0 Å². The van der Waals surface area contributed by atoms with Crippen LogP contribution in [0, 0.1) is 5.41 Å². The van der Waals surface area contributed by atoms with E-state index < -0.39 is 0 Å². The Labute approximate surface area is 113 Å². The highest BCUT2D eigenvalue weighted by Gasteiger charge is 2.46. The number of aryl methyl sites for hydroxylation is 1. The van der Waals surface area contributed by atoms with Crippen LogP contribution in [-0.2, 0) is 6.54 Å². The Balaban J connectivity index is 1.64. The second-order valence-corrected chi connectivity index (χ2v) is 6.15. The number of imidazole rings is 1. The van der Waals surface area contributed by atoms with Crippen LogP contribution in [0.4, 0.5) is 5.95 Å². The van der Waals surface area contributed by atoms with Gasteiger partial charge in [-0.1, -0.05) is 37.3 Å². The second-order valence-electron chi connectivity index (χ2n) is 6.15. The summed E-state index contributed by atoms with van der Waals surface area (Å²) in [6, 6.07) is 11.0. The summed E-state index contributed by atoms with van der Waals surface area (Å²) < 4.78 is 2.25. The maximum atomic E-state index is 4.76. The zero-order valence-electron chi connectivity index (χ0n) is 11.3. The highest BCUT2D eigenvalue weighted by molar-refractivity contribution is 5.61. The Morgan fingerprint density at radius 2 is 2.05 bits per heavy atom. The first kappa shape index (κ1) is 11.1. The van der Waals surface area contributed by atoms with Crippen LogP contribution in [0.2, 0.25) is 0 Å². The molecule has 0 radical (unpaired) electrons. The van der Waals surface area contributed by atoms with Crippen molar-refractivity contribution in [1.29, 1.82) is 0 Å². The lowest BCUT2D eigenvalue weighted by Gasteiger charge is -2.30. The highest BCUT2D eigenvalue weighted by atomic mass is 15.2. The molecule has 3 heteroatoms. The summed E-state index contributed by atoms with van der Waals surface area (Å²) in [6.07, 6.45) is 6.10. The third-order valence-electron chi connectivity index (χ3n) is 4.69. The monoisotopic (exact) mass is 253 g/mol. The number of benzene rings is 1. The summed E-state index contributed by atoms with van der Waals surface area (Å²) in [5, 5.41) is 3.64. The zero-order chi connectivity index (χ0) is 12.9. The smallest absolute Gasteiger partial charge is 0.203 e. The predicted molar refractivity (Wildman–Crippen MR) is 77.0 cm³/mol. The van der Waals surface area contributed by atoms with E-state index >= 15 is 0 Å². The minimum absolute atomic E-state index is 0.518. The van der Waals surface area contributed by atoms with Gasteiger partial charge in [0.25, 0.3) is 0 Å². The number of hydrogen-bond acceptors (Lipinski definition) is 2. The summed E-state index contributed by atoms with van der Waals surface area (Å²) in [5.74, 6) is 1.04. The molecule has 2 heterocycles. The van der Waals surface area contributed by atoms with Crippen LogP contribution in [0.15, 0.2) is 36.5 Å². The van der Waals surface area contributed by atoms with Gasteiger partial charge < -0.3 is 9.88 Å². The van der Waals surface area contributed by atoms with Crippen LogP contribution < -0.4 is 5.32 Å². The number of rotatable bonds is 2. The van der Waals surface area contributed by atoms with Crippen molar-refractivity contribution in [3.63, 3.8) is 0 Å². The molecule has 1 unspecified atom stereocenters. The Morgan fingerprint density at radius 3 is 2.79 bits per heavy atom. The molecule has 1 aliphatic heterocycles. The first-order valence-corrected chi connectivity index (χ1v) is 7.14. The Hall–Kier alpha value is -1.77. The number of aromatic nitrogens is 2. The van der Waals surface area contributed by atoms with E-state index in [1.807, 2.05) is 6.07 Å². The quantitative estimate of drug-likeness (QED) is 0.887. The van der Waals surface area contributed by atoms with Gasteiger partial charge in [-0.15, -0.1) is 0 Å². The molecule has 1 atom stereocenters. The van der Waals surface area contributed by atoms with Gasteiger partial charge in [-0.05, 0) is 24.7 Å². The van der Waals surface area contributed by atoms with Crippen molar-refractivity contribution in [2.24, 2.45) is 5.41 Å². The van der Waals surface area contributed by atoms with Crippen molar-refractivity contribution in [3.8, 4) is 11.3 Å². The van der Waals surface area contributed by atoms with E-state index in [1.165, 1.54) is 24.8 Å². The molecule has 1 aliphatic carbocycles. The van der Waals surface area contributed by atoms with E-state index in [1.54, 1.807) is 0 Å². The van der Waals surface area contributed by atoms with Gasteiger partial charge in [0.2, 0.25) is 5.95 Å². The molecule has 4 rings (SSSR count). The number of hydrogen-bond donors (Lipinski definition) is 1. The minimum Gasteiger partial charge on any atom is -0.352 e. The first-order valence-electron chi connectivity index (χ1n) is 7.14. The third kappa shape index (κ3) is 1.84. The normalized spacial score (nSPS) is 23.5. The molecule has 3 nitrogen and oxygen atoms in total. The van der Waals surface area contributed by atoms with Crippen molar-refractivity contribution >= 4 is 5.95 Å². The summed E-state index contributed by atoms with van der Waals surface area (Å²) in [4.78, 5) is 4.76. The van der Waals surface area contributed by atoms with E-state index in [0.29, 0.717) is 11.5 Å². The van der Waals surface area contributed by atoms with Gasteiger partial charge in [-0.2, -0.15) is 0 Å². The van der Waals surface area contributed by atoms with E-state index in [0.717, 1.165) is 18.2 Å².